The fraction of sp³-hybridized carbons (Fsp3) is 0. The Labute approximate surface area is 250 Å². The maximum absolute atomic E-state index is 5.94. The van der Waals surface area contributed by atoms with Crippen molar-refractivity contribution in [1.82, 2.24) is 30.4 Å². The summed E-state index contributed by atoms with van der Waals surface area (Å²) in [6.45, 7) is 0. The maximum Gasteiger partial charge on any atom is 0.265 e. The van der Waals surface area contributed by atoms with Gasteiger partial charge in [0.25, 0.3) is 11.8 Å². The lowest BCUT2D eigenvalue weighted by Crippen LogP contribution is -2.02. The van der Waals surface area contributed by atoms with Crippen LogP contribution in [0.4, 0.5) is 11.9 Å². The van der Waals surface area contributed by atoms with Crippen molar-refractivity contribution in [3.8, 4) is 45.8 Å². The first kappa shape index (κ1) is 28.2. The lowest BCUT2D eigenvalue weighted by molar-refractivity contribution is 0.454. The minimum absolute atomic E-state index is 0.0901. The van der Waals surface area contributed by atoms with Crippen LogP contribution in [-0.4, -0.2) is 30.4 Å². The van der Waals surface area contributed by atoms with Crippen molar-refractivity contribution >= 4 is 35.1 Å². The number of hydrogen-bond donors (Lipinski definition) is 2. The Morgan fingerprint density at radius 2 is 0.881 bits per heavy atom. The Kier molecular flexibility index (Phi) is 8.97. The minimum atomic E-state index is 0.0901. The number of aromatic nitrogens is 6. The molecule has 208 valence electrons. The van der Waals surface area contributed by atoms with Gasteiger partial charge in [-0.15, -0.1) is 20.4 Å². The summed E-state index contributed by atoms with van der Waals surface area (Å²) in [4.78, 5) is 8.42. The molecule has 0 atom stereocenters. The number of hydrogen-bond acceptors (Lipinski definition) is 10. The molecule has 0 aliphatic rings. The fourth-order valence-electron chi connectivity index (χ4n) is 3.65. The average Bonchev–Trinajstić information content (AvgIpc) is 3.00. The third-order valence-corrected chi connectivity index (χ3v) is 5.93. The smallest absolute Gasteiger partial charge is 0.265 e. The van der Waals surface area contributed by atoms with E-state index in [4.69, 9.17) is 44.1 Å². The van der Waals surface area contributed by atoms with Crippen LogP contribution < -0.4 is 20.9 Å². The van der Waals surface area contributed by atoms with E-state index >= 15 is 0 Å². The predicted molar refractivity (Wildman–Crippen MR) is 162 cm³/mol. The summed E-state index contributed by atoms with van der Waals surface area (Å²) in [5.74, 6) is 1.84. The van der Waals surface area contributed by atoms with Gasteiger partial charge in [0.2, 0.25) is 11.9 Å². The molecule has 10 nitrogen and oxygen atoms in total. The summed E-state index contributed by atoms with van der Waals surface area (Å²) in [6.07, 6.45) is 0. The van der Waals surface area contributed by atoms with E-state index in [1.54, 1.807) is 48.5 Å². The molecule has 0 unspecified atom stereocenters. The van der Waals surface area contributed by atoms with E-state index in [-0.39, 0.29) is 23.7 Å². The molecular formula is C30H22Cl2N8O2. The molecule has 0 aliphatic heterocycles. The van der Waals surface area contributed by atoms with Crippen LogP contribution in [0.3, 0.4) is 0 Å². The van der Waals surface area contributed by atoms with Crippen molar-refractivity contribution in [2.75, 3.05) is 11.5 Å². The zero-order valence-corrected chi connectivity index (χ0v) is 23.3. The maximum atomic E-state index is 5.94. The van der Waals surface area contributed by atoms with E-state index in [0.29, 0.717) is 32.9 Å². The molecule has 2 aromatic heterocycles. The molecule has 6 rings (SSSR count). The van der Waals surface area contributed by atoms with Gasteiger partial charge in [0.05, 0.1) is 0 Å². The second kappa shape index (κ2) is 13.4. The van der Waals surface area contributed by atoms with Gasteiger partial charge in [-0.3, -0.25) is 0 Å². The number of nitrogens with two attached hydrogens (primary N) is 2. The van der Waals surface area contributed by atoms with Crippen molar-refractivity contribution in [2.24, 2.45) is 0 Å². The van der Waals surface area contributed by atoms with Crippen LogP contribution in [0.1, 0.15) is 0 Å². The molecule has 4 N–H and O–H groups in total. The largest absolute Gasteiger partial charge is 0.436 e. The van der Waals surface area contributed by atoms with Gasteiger partial charge >= 0.3 is 0 Å². The highest BCUT2D eigenvalue weighted by Crippen LogP contribution is 2.32. The normalized spacial score (nSPS) is 10.3. The highest BCUT2D eigenvalue weighted by Gasteiger charge is 2.14. The fourth-order valence-corrected chi connectivity index (χ4v) is 4.01. The lowest BCUT2D eigenvalue weighted by atomic mass is 10.1. The molecule has 0 saturated carbocycles. The van der Waals surface area contributed by atoms with Crippen LogP contribution >= 0.6 is 23.2 Å². The highest BCUT2D eigenvalue weighted by molar-refractivity contribution is 6.31. The Morgan fingerprint density at radius 1 is 0.476 bits per heavy atom. The van der Waals surface area contributed by atoms with Gasteiger partial charge in [0.15, 0.2) is 0 Å². The summed E-state index contributed by atoms with van der Waals surface area (Å²) in [5, 5.41) is 16.6. The molecule has 0 spiro atoms. The molecule has 0 fully saturated rings. The van der Waals surface area contributed by atoms with E-state index < -0.39 is 0 Å². The minimum Gasteiger partial charge on any atom is -0.436 e. The van der Waals surface area contributed by atoms with Gasteiger partial charge in [-0.1, -0.05) is 96.0 Å². The van der Waals surface area contributed by atoms with Gasteiger partial charge in [-0.05, 0) is 36.4 Å². The Morgan fingerprint density at radius 3 is 1.26 bits per heavy atom. The Hall–Kier alpha value is -5.32. The van der Waals surface area contributed by atoms with Crippen molar-refractivity contribution < 1.29 is 9.47 Å². The second-order valence-corrected chi connectivity index (χ2v) is 9.37. The van der Waals surface area contributed by atoms with Crippen molar-refractivity contribution in [2.45, 2.75) is 0 Å². The molecule has 0 bridgehead atoms. The SMILES string of the molecule is Nc1nnc(Oc2cccc(Cl)c2)c(-c2ccccc2)n1.Nc1nnc(Oc2cccc(Cl)c2)c(-c2ccccc2)n1. The molecule has 6 aromatic rings. The quantitative estimate of drug-likeness (QED) is 0.203. The molecule has 42 heavy (non-hydrogen) atoms. The summed E-state index contributed by atoms with van der Waals surface area (Å²) in [5.41, 5.74) is 14.0. The number of nitrogen functional groups attached to an aromatic ring is 2. The Bertz CT molecular complexity index is 1660. The number of halogens is 2. The van der Waals surface area contributed by atoms with Crippen molar-refractivity contribution in [3.05, 3.63) is 119 Å². The van der Waals surface area contributed by atoms with Gasteiger partial charge in [-0.25, -0.2) is 9.97 Å². The van der Waals surface area contributed by atoms with E-state index in [0.717, 1.165) is 11.1 Å². The van der Waals surface area contributed by atoms with Gasteiger partial charge in [-0.2, -0.15) is 0 Å². The zero-order valence-electron chi connectivity index (χ0n) is 21.8. The summed E-state index contributed by atoms with van der Waals surface area (Å²) in [6, 6.07) is 33.1. The molecule has 0 amide bonds. The number of nitrogens with zero attached hydrogens (tertiary/aromatic N) is 6. The lowest BCUT2D eigenvalue weighted by Gasteiger charge is -2.09. The second-order valence-electron chi connectivity index (χ2n) is 8.50. The van der Waals surface area contributed by atoms with Crippen molar-refractivity contribution in [1.29, 1.82) is 0 Å². The third kappa shape index (κ3) is 7.45. The molecule has 2 heterocycles. The molecule has 0 radical (unpaired) electrons. The van der Waals surface area contributed by atoms with Crippen LogP contribution in [0.5, 0.6) is 23.3 Å². The van der Waals surface area contributed by atoms with Crippen LogP contribution in [0, 0.1) is 0 Å². The average molecular weight is 597 g/mol. The Balaban J connectivity index is 0.000000168. The summed E-state index contributed by atoms with van der Waals surface area (Å²) < 4.78 is 11.4. The summed E-state index contributed by atoms with van der Waals surface area (Å²) >= 11 is 11.9. The first-order valence-corrected chi connectivity index (χ1v) is 13.2. The van der Waals surface area contributed by atoms with Crippen molar-refractivity contribution in [3.63, 3.8) is 0 Å². The molecular weight excluding hydrogens is 575 g/mol. The van der Waals surface area contributed by atoms with Gasteiger partial charge < -0.3 is 20.9 Å². The van der Waals surface area contributed by atoms with E-state index in [1.165, 1.54) is 0 Å². The van der Waals surface area contributed by atoms with Gasteiger partial charge in [0.1, 0.15) is 22.9 Å². The van der Waals surface area contributed by atoms with Crippen LogP contribution in [-0.2, 0) is 0 Å². The van der Waals surface area contributed by atoms with E-state index in [9.17, 15) is 0 Å². The van der Waals surface area contributed by atoms with E-state index in [2.05, 4.69) is 30.4 Å². The van der Waals surface area contributed by atoms with Gasteiger partial charge in [0, 0.05) is 21.2 Å². The number of anilines is 2. The van der Waals surface area contributed by atoms with Crippen LogP contribution in [0.25, 0.3) is 22.5 Å². The molecule has 12 heteroatoms. The third-order valence-electron chi connectivity index (χ3n) is 5.46. The topological polar surface area (TPSA) is 148 Å². The zero-order chi connectivity index (χ0) is 29.3. The molecule has 0 aliphatic carbocycles. The van der Waals surface area contributed by atoms with E-state index in [1.807, 2.05) is 60.7 Å². The predicted octanol–water partition coefficient (Wildman–Crippen LogP) is 7.13. The summed E-state index contributed by atoms with van der Waals surface area (Å²) in [7, 11) is 0. The number of rotatable bonds is 6. The van der Waals surface area contributed by atoms with Crippen LogP contribution in [0.2, 0.25) is 10.0 Å². The molecule has 4 aromatic carbocycles. The highest BCUT2D eigenvalue weighted by atomic mass is 35.5. The first-order chi connectivity index (χ1) is 20.4. The number of ether oxygens (including phenoxy) is 2. The number of benzene rings is 4. The molecule has 0 saturated heterocycles. The first-order valence-electron chi connectivity index (χ1n) is 12.4. The standard InChI is InChI=1S/2C15H11ClN4O/c2*16-11-7-4-8-12(9-11)21-14-13(18-15(17)20-19-14)10-5-2-1-3-6-10/h2*1-9H,(H2,17,18,20). The monoisotopic (exact) mass is 596 g/mol. The van der Waals surface area contributed by atoms with Crippen LogP contribution in [0.15, 0.2) is 109 Å².